The molecular weight excluding hydrogens is 326 g/mol. The molecule has 0 spiro atoms. The van der Waals surface area contributed by atoms with E-state index in [2.05, 4.69) is 15.4 Å². The van der Waals surface area contributed by atoms with Gasteiger partial charge in [-0.1, -0.05) is 18.2 Å². The molecule has 1 heterocycles. The van der Waals surface area contributed by atoms with Crippen LogP contribution in [0.3, 0.4) is 0 Å². The molecule has 0 radical (unpaired) electrons. The highest BCUT2D eigenvalue weighted by Gasteiger charge is 2.14. The second-order valence-corrected chi connectivity index (χ2v) is 5.56. The molecule has 0 aliphatic rings. The standard InChI is InChI=1S/C16H11N5O2S/c17-10-24-13-8-6-11(7-9-13)18-15(22)14-19-16(23)21(20-14)12-4-2-1-3-5-12/h1-9H,(H,18,22)(H,19,20,23). The number of hydrogen-bond acceptors (Lipinski definition) is 5. The highest BCUT2D eigenvalue weighted by Crippen LogP contribution is 2.19. The summed E-state index contributed by atoms with van der Waals surface area (Å²) in [6.07, 6.45) is 0. The number of para-hydroxylation sites is 1. The summed E-state index contributed by atoms with van der Waals surface area (Å²) in [5, 5.41) is 17.2. The lowest BCUT2D eigenvalue weighted by molar-refractivity contribution is 0.101. The number of rotatable bonds is 4. The summed E-state index contributed by atoms with van der Waals surface area (Å²) < 4.78 is 1.13. The van der Waals surface area contributed by atoms with Gasteiger partial charge in [-0.2, -0.15) is 9.94 Å². The highest BCUT2D eigenvalue weighted by molar-refractivity contribution is 8.03. The predicted octanol–water partition coefficient (Wildman–Crippen LogP) is 2.39. The van der Waals surface area contributed by atoms with Crippen LogP contribution in [0.15, 0.2) is 64.3 Å². The van der Waals surface area contributed by atoms with E-state index in [0.717, 1.165) is 21.3 Å². The molecule has 1 amide bonds. The lowest BCUT2D eigenvalue weighted by Gasteiger charge is -2.03. The van der Waals surface area contributed by atoms with Gasteiger partial charge < -0.3 is 5.32 Å². The van der Waals surface area contributed by atoms with Crippen LogP contribution in [0.4, 0.5) is 5.69 Å². The number of amides is 1. The molecule has 1 aromatic heterocycles. The van der Waals surface area contributed by atoms with Crippen LogP contribution in [0, 0.1) is 10.7 Å². The maximum Gasteiger partial charge on any atom is 0.348 e. The van der Waals surface area contributed by atoms with Crippen LogP contribution in [0.5, 0.6) is 0 Å². The van der Waals surface area contributed by atoms with Crippen LogP contribution in [-0.4, -0.2) is 20.7 Å². The Morgan fingerprint density at radius 2 is 1.88 bits per heavy atom. The summed E-state index contributed by atoms with van der Waals surface area (Å²) in [6, 6.07) is 15.6. The van der Waals surface area contributed by atoms with Gasteiger partial charge in [0.25, 0.3) is 5.91 Å². The number of thioether (sulfide) groups is 1. The second kappa shape index (κ2) is 6.85. The fraction of sp³-hybridized carbons (Fsp3) is 0. The quantitative estimate of drug-likeness (QED) is 0.562. The highest BCUT2D eigenvalue weighted by atomic mass is 32.2. The van der Waals surface area contributed by atoms with Crippen molar-refractivity contribution in [1.29, 1.82) is 5.26 Å². The summed E-state index contributed by atoms with van der Waals surface area (Å²) in [4.78, 5) is 27.4. The Bertz CT molecular complexity index is 955. The summed E-state index contributed by atoms with van der Waals surface area (Å²) in [6.45, 7) is 0. The van der Waals surface area contributed by atoms with Crippen LogP contribution in [-0.2, 0) is 0 Å². The van der Waals surface area contributed by atoms with Crippen molar-refractivity contribution in [1.82, 2.24) is 14.8 Å². The van der Waals surface area contributed by atoms with Crippen molar-refractivity contribution in [2.45, 2.75) is 4.90 Å². The largest absolute Gasteiger partial charge is 0.348 e. The maximum atomic E-state index is 12.2. The van der Waals surface area contributed by atoms with E-state index in [1.54, 1.807) is 48.5 Å². The molecule has 0 aliphatic carbocycles. The fourth-order valence-corrected chi connectivity index (χ4v) is 2.40. The van der Waals surface area contributed by atoms with Gasteiger partial charge in [0.15, 0.2) is 0 Å². The van der Waals surface area contributed by atoms with Crippen molar-refractivity contribution in [2.75, 3.05) is 5.32 Å². The summed E-state index contributed by atoms with van der Waals surface area (Å²) in [5.74, 6) is -0.609. The molecule has 8 heteroatoms. The number of carbonyl (C=O) groups is 1. The minimum absolute atomic E-state index is 0.0840. The minimum atomic E-state index is -0.525. The number of aromatic amines is 1. The number of benzene rings is 2. The summed E-state index contributed by atoms with van der Waals surface area (Å²) >= 11 is 1.03. The van der Waals surface area contributed by atoms with E-state index in [9.17, 15) is 9.59 Å². The van der Waals surface area contributed by atoms with E-state index in [0.29, 0.717) is 11.4 Å². The van der Waals surface area contributed by atoms with Crippen molar-refractivity contribution >= 4 is 23.4 Å². The van der Waals surface area contributed by atoms with E-state index in [4.69, 9.17) is 5.26 Å². The van der Waals surface area contributed by atoms with Gasteiger partial charge in [-0.05, 0) is 48.2 Å². The number of aromatic nitrogens is 3. The second-order valence-electron chi connectivity index (χ2n) is 4.70. The maximum absolute atomic E-state index is 12.2. The molecule has 3 rings (SSSR count). The van der Waals surface area contributed by atoms with E-state index >= 15 is 0 Å². The van der Waals surface area contributed by atoms with Gasteiger partial charge in [0.2, 0.25) is 5.82 Å². The van der Waals surface area contributed by atoms with Crippen LogP contribution in [0.25, 0.3) is 5.69 Å². The zero-order chi connectivity index (χ0) is 16.9. The Balaban J connectivity index is 1.79. The van der Waals surface area contributed by atoms with Crippen molar-refractivity contribution in [2.24, 2.45) is 0 Å². The zero-order valence-electron chi connectivity index (χ0n) is 12.3. The average Bonchev–Trinajstić information content (AvgIpc) is 3.00. The number of H-pyrrole nitrogens is 1. The van der Waals surface area contributed by atoms with Gasteiger partial charge >= 0.3 is 5.69 Å². The van der Waals surface area contributed by atoms with Gasteiger partial charge in [-0.3, -0.25) is 9.78 Å². The van der Waals surface area contributed by atoms with Crippen LogP contribution in [0.1, 0.15) is 10.6 Å². The normalized spacial score (nSPS) is 10.1. The predicted molar refractivity (Wildman–Crippen MR) is 90.0 cm³/mol. The van der Waals surface area contributed by atoms with Crippen molar-refractivity contribution in [3.05, 3.63) is 70.9 Å². The van der Waals surface area contributed by atoms with E-state index in [1.165, 1.54) is 0 Å². The van der Waals surface area contributed by atoms with Crippen molar-refractivity contribution in [3.8, 4) is 11.1 Å². The molecule has 0 aliphatic heterocycles. The van der Waals surface area contributed by atoms with Crippen molar-refractivity contribution in [3.63, 3.8) is 0 Å². The van der Waals surface area contributed by atoms with Gasteiger partial charge in [0.05, 0.1) is 5.69 Å². The summed E-state index contributed by atoms with van der Waals surface area (Å²) in [5.41, 5.74) is 0.611. The molecule has 0 bridgehead atoms. The number of nitrogens with one attached hydrogen (secondary N) is 2. The number of nitriles is 1. The first kappa shape index (κ1) is 15.6. The zero-order valence-corrected chi connectivity index (χ0v) is 13.1. The first-order valence-electron chi connectivity index (χ1n) is 6.89. The fourth-order valence-electron chi connectivity index (χ4n) is 2.02. The monoisotopic (exact) mass is 337 g/mol. The van der Waals surface area contributed by atoms with Gasteiger partial charge in [-0.25, -0.2) is 4.79 Å². The number of thiocyanates is 1. The Labute approximate surface area is 140 Å². The molecule has 0 saturated carbocycles. The molecule has 0 saturated heterocycles. The molecule has 0 unspecified atom stereocenters. The first-order valence-corrected chi connectivity index (χ1v) is 7.71. The molecule has 2 N–H and O–H groups in total. The lowest BCUT2D eigenvalue weighted by Crippen LogP contribution is -2.15. The Hall–Kier alpha value is -3.31. The van der Waals surface area contributed by atoms with Crippen LogP contribution >= 0.6 is 11.8 Å². The molecule has 2 aromatic carbocycles. The molecule has 118 valence electrons. The Morgan fingerprint density at radius 3 is 2.54 bits per heavy atom. The third-order valence-corrected chi connectivity index (χ3v) is 3.71. The number of nitrogens with zero attached hydrogens (tertiary/aromatic N) is 3. The first-order chi connectivity index (χ1) is 11.7. The SMILES string of the molecule is N#CSc1ccc(NC(=O)c2nn(-c3ccccc3)c(=O)[nH]2)cc1. The number of hydrogen-bond donors (Lipinski definition) is 2. The van der Waals surface area contributed by atoms with E-state index in [1.807, 2.05) is 11.5 Å². The van der Waals surface area contributed by atoms with Gasteiger partial charge in [-0.15, -0.1) is 5.10 Å². The lowest BCUT2D eigenvalue weighted by atomic mass is 10.3. The molecular formula is C16H11N5O2S. The Kier molecular flexibility index (Phi) is 4.45. The van der Waals surface area contributed by atoms with Crippen LogP contribution < -0.4 is 11.0 Å². The van der Waals surface area contributed by atoms with Gasteiger partial charge in [0.1, 0.15) is 5.40 Å². The summed E-state index contributed by atoms with van der Waals surface area (Å²) in [7, 11) is 0. The molecule has 24 heavy (non-hydrogen) atoms. The third kappa shape index (κ3) is 3.37. The topological polar surface area (TPSA) is 104 Å². The smallest absolute Gasteiger partial charge is 0.319 e. The average molecular weight is 337 g/mol. The molecule has 0 atom stereocenters. The minimum Gasteiger partial charge on any atom is -0.319 e. The van der Waals surface area contributed by atoms with E-state index < -0.39 is 11.6 Å². The third-order valence-electron chi connectivity index (χ3n) is 3.11. The number of carbonyl (C=O) groups excluding carboxylic acids is 1. The molecule has 3 aromatic rings. The molecule has 7 nitrogen and oxygen atoms in total. The Morgan fingerprint density at radius 1 is 1.17 bits per heavy atom. The van der Waals surface area contributed by atoms with E-state index in [-0.39, 0.29) is 5.82 Å². The van der Waals surface area contributed by atoms with Crippen LogP contribution in [0.2, 0.25) is 0 Å². The van der Waals surface area contributed by atoms with Gasteiger partial charge in [0, 0.05) is 10.6 Å². The molecule has 0 fully saturated rings. The van der Waals surface area contributed by atoms with Crippen molar-refractivity contribution < 1.29 is 4.79 Å². The number of anilines is 1.